The van der Waals surface area contributed by atoms with E-state index in [4.69, 9.17) is 4.42 Å². The summed E-state index contributed by atoms with van der Waals surface area (Å²) in [4.78, 5) is 22.0. The molecule has 1 aromatic carbocycles. The highest BCUT2D eigenvalue weighted by Gasteiger charge is 2.22. The van der Waals surface area contributed by atoms with Gasteiger partial charge < -0.3 is 14.5 Å². The Kier molecular flexibility index (Phi) is 3.66. The monoisotopic (exact) mass is 323 g/mol. The van der Waals surface area contributed by atoms with Gasteiger partial charge in [-0.3, -0.25) is 9.69 Å². The standard InChI is InChI=1S/C18H17N3O3/c22-13-4-1-3-12(9-13)10-21-7-6-15-14(11-21)18(23)20-17(19-15)16-5-2-8-24-16/h1-5,8-9,22H,6-7,10-11H2,(H,19,20,23). The summed E-state index contributed by atoms with van der Waals surface area (Å²) in [6, 6.07) is 10.7. The number of nitrogens with one attached hydrogen (secondary N) is 1. The molecule has 0 bridgehead atoms. The SMILES string of the molecule is O=c1[nH]c(-c2ccco2)nc2c1CN(Cc1cccc(O)c1)CC2. The van der Waals surface area contributed by atoms with Crippen molar-refractivity contribution >= 4 is 0 Å². The second-order valence-corrected chi connectivity index (χ2v) is 5.95. The summed E-state index contributed by atoms with van der Waals surface area (Å²) in [5, 5.41) is 9.57. The van der Waals surface area contributed by atoms with Crippen LogP contribution in [0.4, 0.5) is 0 Å². The van der Waals surface area contributed by atoms with Crippen LogP contribution in [0.15, 0.2) is 51.9 Å². The van der Waals surface area contributed by atoms with Crippen LogP contribution >= 0.6 is 0 Å². The molecule has 0 saturated heterocycles. The van der Waals surface area contributed by atoms with E-state index in [1.807, 2.05) is 12.1 Å². The van der Waals surface area contributed by atoms with Crippen LogP contribution in [0.5, 0.6) is 5.75 Å². The summed E-state index contributed by atoms with van der Waals surface area (Å²) >= 11 is 0. The first-order valence-electron chi connectivity index (χ1n) is 7.85. The topological polar surface area (TPSA) is 82.4 Å². The van der Waals surface area contributed by atoms with Crippen molar-refractivity contribution in [3.8, 4) is 17.3 Å². The van der Waals surface area contributed by atoms with Crippen LogP contribution in [0.3, 0.4) is 0 Å². The number of aromatic nitrogens is 2. The Morgan fingerprint density at radius 1 is 1.29 bits per heavy atom. The van der Waals surface area contributed by atoms with E-state index in [2.05, 4.69) is 14.9 Å². The molecule has 2 N–H and O–H groups in total. The molecule has 0 radical (unpaired) electrons. The zero-order valence-electron chi connectivity index (χ0n) is 13.0. The Morgan fingerprint density at radius 2 is 2.21 bits per heavy atom. The summed E-state index contributed by atoms with van der Waals surface area (Å²) in [5.41, 5.74) is 2.44. The van der Waals surface area contributed by atoms with Gasteiger partial charge >= 0.3 is 0 Å². The van der Waals surface area contributed by atoms with Crippen LogP contribution in [0.1, 0.15) is 16.8 Å². The molecule has 122 valence electrons. The second-order valence-electron chi connectivity index (χ2n) is 5.95. The van der Waals surface area contributed by atoms with Gasteiger partial charge in [0.2, 0.25) is 0 Å². The number of phenolic OH excluding ortho intramolecular Hbond substituents is 1. The van der Waals surface area contributed by atoms with E-state index < -0.39 is 0 Å². The number of benzene rings is 1. The van der Waals surface area contributed by atoms with Gasteiger partial charge in [0.05, 0.1) is 17.5 Å². The van der Waals surface area contributed by atoms with Gasteiger partial charge in [0, 0.05) is 26.1 Å². The number of hydrogen-bond acceptors (Lipinski definition) is 5. The highest BCUT2D eigenvalue weighted by Crippen LogP contribution is 2.21. The average molecular weight is 323 g/mol. The number of rotatable bonds is 3. The molecule has 1 aliphatic heterocycles. The van der Waals surface area contributed by atoms with E-state index in [9.17, 15) is 9.90 Å². The van der Waals surface area contributed by atoms with Crippen molar-refractivity contribution in [2.75, 3.05) is 6.54 Å². The third-order valence-electron chi connectivity index (χ3n) is 4.22. The molecule has 4 rings (SSSR count). The summed E-state index contributed by atoms with van der Waals surface area (Å²) < 4.78 is 5.31. The van der Waals surface area contributed by atoms with Crippen LogP contribution in [0, 0.1) is 0 Å². The molecular weight excluding hydrogens is 306 g/mol. The lowest BCUT2D eigenvalue weighted by atomic mass is 10.1. The molecule has 2 aromatic heterocycles. The molecule has 0 aliphatic carbocycles. The fourth-order valence-corrected chi connectivity index (χ4v) is 3.06. The average Bonchev–Trinajstić information content (AvgIpc) is 3.10. The molecule has 3 aromatic rings. The van der Waals surface area contributed by atoms with Crippen molar-refractivity contribution < 1.29 is 9.52 Å². The summed E-state index contributed by atoms with van der Waals surface area (Å²) in [7, 11) is 0. The van der Waals surface area contributed by atoms with Crippen molar-refractivity contribution in [1.29, 1.82) is 0 Å². The molecule has 0 saturated carbocycles. The zero-order valence-corrected chi connectivity index (χ0v) is 13.0. The largest absolute Gasteiger partial charge is 0.508 e. The summed E-state index contributed by atoms with van der Waals surface area (Å²) in [6.45, 7) is 2.05. The number of furan rings is 1. The maximum atomic E-state index is 12.4. The minimum atomic E-state index is -0.119. The van der Waals surface area contributed by atoms with E-state index in [0.29, 0.717) is 36.7 Å². The van der Waals surface area contributed by atoms with Crippen LogP contribution in [0.2, 0.25) is 0 Å². The van der Waals surface area contributed by atoms with E-state index in [-0.39, 0.29) is 11.3 Å². The second kappa shape index (κ2) is 5.98. The highest BCUT2D eigenvalue weighted by molar-refractivity contribution is 5.47. The first kappa shape index (κ1) is 14.7. The molecule has 0 amide bonds. The van der Waals surface area contributed by atoms with Gasteiger partial charge in [0.25, 0.3) is 5.56 Å². The van der Waals surface area contributed by atoms with Gasteiger partial charge in [0.1, 0.15) is 5.75 Å². The molecule has 0 atom stereocenters. The molecule has 24 heavy (non-hydrogen) atoms. The molecule has 0 unspecified atom stereocenters. The van der Waals surface area contributed by atoms with Gasteiger partial charge in [-0.15, -0.1) is 0 Å². The van der Waals surface area contributed by atoms with Crippen LogP contribution < -0.4 is 5.56 Å². The zero-order chi connectivity index (χ0) is 16.5. The van der Waals surface area contributed by atoms with Gasteiger partial charge in [-0.25, -0.2) is 4.98 Å². The first-order valence-corrected chi connectivity index (χ1v) is 7.85. The lowest BCUT2D eigenvalue weighted by Gasteiger charge is -2.27. The minimum Gasteiger partial charge on any atom is -0.508 e. The van der Waals surface area contributed by atoms with E-state index in [1.54, 1.807) is 30.5 Å². The molecule has 3 heterocycles. The maximum Gasteiger partial charge on any atom is 0.256 e. The predicted molar refractivity (Wildman–Crippen MR) is 88.5 cm³/mol. The summed E-state index contributed by atoms with van der Waals surface area (Å²) in [5.74, 6) is 1.30. The van der Waals surface area contributed by atoms with Crippen molar-refractivity contribution in [3.63, 3.8) is 0 Å². The van der Waals surface area contributed by atoms with E-state index in [0.717, 1.165) is 17.8 Å². The fourth-order valence-electron chi connectivity index (χ4n) is 3.06. The van der Waals surface area contributed by atoms with Gasteiger partial charge in [-0.05, 0) is 29.8 Å². The summed E-state index contributed by atoms with van der Waals surface area (Å²) in [6.07, 6.45) is 2.28. The van der Waals surface area contributed by atoms with Crippen molar-refractivity contribution in [1.82, 2.24) is 14.9 Å². The number of aromatic hydroxyl groups is 1. The third kappa shape index (κ3) is 2.83. The Bertz CT molecular complexity index is 916. The normalized spacial score (nSPS) is 14.5. The van der Waals surface area contributed by atoms with Crippen molar-refractivity contribution in [2.45, 2.75) is 19.5 Å². The van der Waals surface area contributed by atoms with Gasteiger partial charge in [0.15, 0.2) is 11.6 Å². The Labute approximate surface area is 138 Å². The molecule has 0 spiro atoms. The third-order valence-corrected chi connectivity index (χ3v) is 4.22. The van der Waals surface area contributed by atoms with Crippen molar-refractivity contribution in [3.05, 3.63) is 69.8 Å². The Balaban J connectivity index is 1.58. The fraction of sp³-hybridized carbons (Fsp3) is 0.222. The number of hydrogen-bond donors (Lipinski definition) is 2. The Morgan fingerprint density at radius 3 is 3.00 bits per heavy atom. The van der Waals surface area contributed by atoms with Gasteiger partial charge in [-0.1, -0.05) is 12.1 Å². The quantitative estimate of drug-likeness (QED) is 0.773. The molecule has 0 fully saturated rings. The highest BCUT2D eigenvalue weighted by atomic mass is 16.3. The molecule has 1 aliphatic rings. The Hall–Kier alpha value is -2.86. The number of aromatic amines is 1. The maximum absolute atomic E-state index is 12.4. The van der Waals surface area contributed by atoms with E-state index in [1.165, 1.54) is 0 Å². The van der Waals surface area contributed by atoms with E-state index >= 15 is 0 Å². The number of H-pyrrole nitrogens is 1. The molecular formula is C18H17N3O3. The lowest BCUT2D eigenvalue weighted by Crippen LogP contribution is -2.35. The minimum absolute atomic E-state index is 0.119. The van der Waals surface area contributed by atoms with Crippen molar-refractivity contribution in [2.24, 2.45) is 0 Å². The number of nitrogens with zero attached hydrogens (tertiary/aromatic N) is 2. The van der Waals surface area contributed by atoms with Crippen LogP contribution in [0.25, 0.3) is 11.6 Å². The van der Waals surface area contributed by atoms with Crippen LogP contribution in [-0.2, 0) is 19.5 Å². The smallest absolute Gasteiger partial charge is 0.256 e. The van der Waals surface area contributed by atoms with Gasteiger partial charge in [-0.2, -0.15) is 0 Å². The predicted octanol–water partition coefficient (Wildman–Crippen LogP) is 2.29. The van der Waals surface area contributed by atoms with Crippen LogP contribution in [-0.4, -0.2) is 26.5 Å². The molecule has 6 nitrogen and oxygen atoms in total. The lowest BCUT2D eigenvalue weighted by molar-refractivity contribution is 0.241. The first-order chi connectivity index (χ1) is 11.7. The number of fused-ring (bicyclic) bond motifs is 1. The molecule has 6 heteroatoms. The number of phenols is 1.